The van der Waals surface area contributed by atoms with E-state index in [9.17, 15) is 5.11 Å². The number of halogens is 4. The van der Waals surface area contributed by atoms with E-state index >= 15 is 0 Å². The van der Waals surface area contributed by atoms with Crippen LogP contribution in [0.5, 0.6) is 0 Å². The SMILES string of the molecule is OC(Cc1cc(Cl)ccc1Cl)c1cc(Cl)sc1Cl. The van der Waals surface area contributed by atoms with E-state index in [0.29, 0.717) is 30.7 Å². The Balaban J connectivity index is 2.23. The summed E-state index contributed by atoms with van der Waals surface area (Å²) < 4.78 is 1.04. The van der Waals surface area contributed by atoms with Gasteiger partial charge < -0.3 is 5.11 Å². The van der Waals surface area contributed by atoms with Crippen LogP contribution in [0.15, 0.2) is 24.3 Å². The van der Waals surface area contributed by atoms with Crippen LogP contribution >= 0.6 is 57.7 Å². The van der Waals surface area contributed by atoms with E-state index in [1.807, 2.05) is 0 Å². The van der Waals surface area contributed by atoms with Gasteiger partial charge in [0.25, 0.3) is 0 Å². The van der Waals surface area contributed by atoms with Gasteiger partial charge in [-0.25, -0.2) is 0 Å². The summed E-state index contributed by atoms with van der Waals surface area (Å²) in [5, 5.41) is 11.3. The van der Waals surface area contributed by atoms with Crippen molar-refractivity contribution in [3.63, 3.8) is 0 Å². The first-order chi connectivity index (χ1) is 8.47. The molecular formula is C12H8Cl4OS. The van der Waals surface area contributed by atoms with Crippen LogP contribution in [0.1, 0.15) is 17.2 Å². The van der Waals surface area contributed by atoms with Gasteiger partial charge in [-0.3, -0.25) is 0 Å². The Morgan fingerprint density at radius 1 is 1.11 bits per heavy atom. The number of hydrogen-bond acceptors (Lipinski definition) is 2. The van der Waals surface area contributed by atoms with E-state index in [0.717, 1.165) is 5.56 Å². The molecule has 0 saturated heterocycles. The molecule has 1 N–H and O–H groups in total. The van der Waals surface area contributed by atoms with Gasteiger partial charge >= 0.3 is 0 Å². The Bertz CT molecular complexity index is 567. The predicted octanol–water partition coefficient (Wildman–Crippen LogP) is 5.64. The molecule has 0 fully saturated rings. The van der Waals surface area contributed by atoms with Crippen molar-refractivity contribution in [3.05, 3.63) is 54.1 Å². The molecule has 0 aliphatic heterocycles. The molecule has 0 saturated carbocycles. The highest BCUT2D eigenvalue weighted by Gasteiger charge is 2.17. The number of aliphatic hydroxyl groups is 1. The van der Waals surface area contributed by atoms with E-state index in [2.05, 4.69) is 0 Å². The lowest BCUT2D eigenvalue weighted by molar-refractivity contribution is 0.179. The highest BCUT2D eigenvalue weighted by molar-refractivity contribution is 7.20. The molecule has 1 heterocycles. The molecule has 0 amide bonds. The summed E-state index contributed by atoms with van der Waals surface area (Å²) in [6.45, 7) is 0. The highest BCUT2D eigenvalue weighted by Crippen LogP contribution is 2.37. The lowest BCUT2D eigenvalue weighted by atomic mass is 10.0. The van der Waals surface area contributed by atoms with Gasteiger partial charge in [0.2, 0.25) is 0 Å². The van der Waals surface area contributed by atoms with Crippen LogP contribution in [0, 0.1) is 0 Å². The topological polar surface area (TPSA) is 20.2 Å². The summed E-state index contributed by atoms with van der Waals surface area (Å²) in [6, 6.07) is 6.80. The summed E-state index contributed by atoms with van der Waals surface area (Å²) in [5.41, 5.74) is 1.39. The third-order valence-electron chi connectivity index (χ3n) is 2.46. The summed E-state index contributed by atoms with van der Waals surface area (Å²) in [4.78, 5) is 0. The zero-order valence-electron chi connectivity index (χ0n) is 8.96. The Morgan fingerprint density at radius 2 is 1.83 bits per heavy atom. The molecule has 2 aromatic rings. The lowest BCUT2D eigenvalue weighted by Gasteiger charge is -2.11. The monoisotopic (exact) mass is 340 g/mol. The van der Waals surface area contributed by atoms with Crippen molar-refractivity contribution < 1.29 is 5.11 Å². The summed E-state index contributed by atoms with van der Waals surface area (Å²) in [5.74, 6) is 0. The maximum Gasteiger partial charge on any atom is 0.100 e. The second-order valence-electron chi connectivity index (χ2n) is 3.74. The minimum absolute atomic E-state index is 0.339. The van der Waals surface area contributed by atoms with Crippen LogP contribution in [0.2, 0.25) is 18.7 Å². The average Bonchev–Trinajstić information content (AvgIpc) is 2.63. The van der Waals surface area contributed by atoms with Gasteiger partial charge in [0, 0.05) is 22.0 Å². The standard InChI is InChI=1S/C12H8Cl4OS/c13-7-1-2-9(14)6(3-7)4-10(17)8-5-11(15)18-12(8)16/h1-3,5,10,17H,4H2. The average molecular weight is 342 g/mol. The predicted molar refractivity (Wildman–Crippen MR) is 79.5 cm³/mol. The molecule has 0 radical (unpaired) electrons. The molecule has 0 aliphatic carbocycles. The number of rotatable bonds is 3. The number of thiophene rings is 1. The maximum absolute atomic E-state index is 10.1. The van der Waals surface area contributed by atoms with Gasteiger partial charge in [-0.1, -0.05) is 46.4 Å². The van der Waals surface area contributed by atoms with E-state index < -0.39 is 6.10 Å². The molecular weight excluding hydrogens is 334 g/mol. The molecule has 1 unspecified atom stereocenters. The first-order valence-electron chi connectivity index (χ1n) is 5.04. The second-order valence-corrected chi connectivity index (χ2v) is 6.86. The zero-order chi connectivity index (χ0) is 13.3. The van der Waals surface area contributed by atoms with Crippen LogP contribution in [-0.2, 0) is 6.42 Å². The van der Waals surface area contributed by atoms with Gasteiger partial charge in [0.05, 0.1) is 10.4 Å². The lowest BCUT2D eigenvalue weighted by Crippen LogP contribution is -2.01. The third-order valence-corrected chi connectivity index (χ3v) is 4.58. The number of benzene rings is 1. The van der Waals surface area contributed by atoms with Gasteiger partial charge in [-0.2, -0.15) is 0 Å². The van der Waals surface area contributed by atoms with E-state index in [4.69, 9.17) is 46.4 Å². The Kier molecular flexibility index (Phi) is 4.81. The van der Waals surface area contributed by atoms with E-state index in [-0.39, 0.29) is 0 Å². The van der Waals surface area contributed by atoms with Crippen LogP contribution in [-0.4, -0.2) is 5.11 Å². The Hall–Kier alpha value is 0.0400. The maximum atomic E-state index is 10.1. The summed E-state index contributed by atoms with van der Waals surface area (Å²) >= 11 is 25.0. The van der Waals surface area contributed by atoms with Crippen molar-refractivity contribution in [2.75, 3.05) is 0 Å². The largest absolute Gasteiger partial charge is 0.388 e. The van der Waals surface area contributed by atoms with Crippen molar-refractivity contribution in [1.82, 2.24) is 0 Å². The smallest absolute Gasteiger partial charge is 0.100 e. The van der Waals surface area contributed by atoms with Gasteiger partial charge in [-0.15, -0.1) is 11.3 Å². The molecule has 2 rings (SSSR count). The molecule has 0 spiro atoms. The molecule has 1 aromatic carbocycles. The van der Waals surface area contributed by atoms with Crippen molar-refractivity contribution >= 4 is 57.7 Å². The minimum Gasteiger partial charge on any atom is -0.388 e. The quantitative estimate of drug-likeness (QED) is 0.766. The number of aliphatic hydroxyl groups excluding tert-OH is 1. The number of hydrogen-bond donors (Lipinski definition) is 1. The minimum atomic E-state index is -0.753. The normalized spacial score (nSPS) is 12.7. The van der Waals surface area contributed by atoms with E-state index in [1.165, 1.54) is 11.3 Å². The third kappa shape index (κ3) is 3.32. The fraction of sp³-hybridized carbons (Fsp3) is 0.167. The van der Waals surface area contributed by atoms with Crippen molar-refractivity contribution in [2.24, 2.45) is 0 Å². The van der Waals surface area contributed by atoms with Crippen LogP contribution in [0.3, 0.4) is 0 Å². The van der Waals surface area contributed by atoms with Gasteiger partial charge in [-0.05, 0) is 29.8 Å². The first-order valence-corrected chi connectivity index (χ1v) is 7.37. The highest BCUT2D eigenvalue weighted by atomic mass is 35.5. The fourth-order valence-electron chi connectivity index (χ4n) is 1.60. The van der Waals surface area contributed by atoms with Crippen molar-refractivity contribution in [3.8, 4) is 0 Å². The molecule has 18 heavy (non-hydrogen) atoms. The Morgan fingerprint density at radius 3 is 2.44 bits per heavy atom. The van der Waals surface area contributed by atoms with Gasteiger partial charge in [0.1, 0.15) is 4.34 Å². The fourth-order valence-corrected chi connectivity index (χ4v) is 3.55. The zero-order valence-corrected chi connectivity index (χ0v) is 12.8. The molecule has 1 aromatic heterocycles. The van der Waals surface area contributed by atoms with Crippen molar-refractivity contribution in [1.29, 1.82) is 0 Å². The molecule has 0 bridgehead atoms. The molecule has 1 atom stereocenters. The van der Waals surface area contributed by atoms with Crippen molar-refractivity contribution in [2.45, 2.75) is 12.5 Å². The van der Waals surface area contributed by atoms with Gasteiger partial charge in [0.15, 0.2) is 0 Å². The van der Waals surface area contributed by atoms with Crippen LogP contribution < -0.4 is 0 Å². The summed E-state index contributed by atoms with van der Waals surface area (Å²) in [7, 11) is 0. The molecule has 1 nitrogen and oxygen atoms in total. The Labute approximate surface area is 129 Å². The second kappa shape index (κ2) is 6.00. The molecule has 6 heteroatoms. The van der Waals surface area contributed by atoms with Crippen LogP contribution in [0.4, 0.5) is 0 Å². The molecule has 0 aliphatic rings. The van der Waals surface area contributed by atoms with E-state index in [1.54, 1.807) is 24.3 Å². The first kappa shape index (κ1) is 14.4. The molecule has 96 valence electrons. The summed E-state index contributed by atoms with van der Waals surface area (Å²) in [6.07, 6.45) is -0.413. The van der Waals surface area contributed by atoms with Crippen LogP contribution in [0.25, 0.3) is 0 Å².